The molecule has 0 saturated heterocycles. The van der Waals surface area contributed by atoms with Crippen LogP contribution in [0.2, 0.25) is 5.02 Å². The molecule has 0 heterocycles. The SMILES string of the molecule is CCCCNS(=O)(=O)c1ccc(OCC(=O)NC(C)c2ccc(Br)cc2)c(Cl)c1. The number of benzene rings is 2. The lowest BCUT2D eigenvalue weighted by atomic mass is 10.1. The first-order valence-corrected chi connectivity index (χ1v) is 11.8. The van der Waals surface area contributed by atoms with Crippen molar-refractivity contribution in [2.45, 2.75) is 37.6 Å². The Morgan fingerprint density at radius 1 is 1.21 bits per heavy atom. The second-order valence-electron chi connectivity index (χ2n) is 6.47. The molecule has 1 unspecified atom stereocenters. The second kappa shape index (κ2) is 11.0. The Bertz CT molecular complexity index is 936. The summed E-state index contributed by atoms with van der Waals surface area (Å²) in [6.07, 6.45) is 1.64. The summed E-state index contributed by atoms with van der Waals surface area (Å²) < 4.78 is 33.4. The molecule has 6 nitrogen and oxygen atoms in total. The fourth-order valence-corrected chi connectivity index (χ4v) is 4.16. The lowest BCUT2D eigenvalue weighted by molar-refractivity contribution is -0.123. The highest BCUT2D eigenvalue weighted by Crippen LogP contribution is 2.27. The van der Waals surface area contributed by atoms with Gasteiger partial charge in [0.05, 0.1) is 16.0 Å². The van der Waals surface area contributed by atoms with Crippen LogP contribution in [0.5, 0.6) is 5.75 Å². The van der Waals surface area contributed by atoms with Gasteiger partial charge in [-0.2, -0.15) is 0 Å². The molecular weight excluding hydrogens is 480 g/mol. The van der Waals surface area contributed by atoms with E-state index in [9.17, 15) is 13.2 Å². The molecule has 0 aromatic heterocycles. The fourth-order valence-electron chi connectivity index (χ4n) is 2.49. The standard InChI is InChI=1S/C20H24BrClN2O4S/c1-3-4-11-23-29(26,27)17-9-10-19(18(22)12-17)28-13-20(25)24-14(2)15-5-7-16(21)8-6-15/h5-10,12,14,23H,3-4,11,13H2,1-2H3,(H,24,25). The van der Waals surface area contributed by atoms with Crippen LogP contribution in [0.15, 0.2) is 51.8 Å². The van der Waals surface area contributed by atoms with E-state index in [1.165, 1.54) is 18.2 Å². The average Bonchev–Trinajstić information content (AvgIpc) is 2.67. The van der Waals surface area contributed by atoms with Gasteiger partial charge in [0.1, 0.15) is 5.75 Å². The van der Waals surface area contributed by atoms with Crippen molar-refractivity contribution in [3.8, 4) is 5.75 Å². The van der Waals surface area contributed by atoms with Crippen molar-refractivity contribution < 1.29 is 17.9 Å². The van der Waals surface area contributed by atoms with E-state index in [-0.39, 0.29) is 34.2 Å². The third-order valence-corrected chi connectivity index (χ3v) is 6.43. The van der Waals surface area contributed by atoms with Crippen molar-refractivity contribution in [2.75, 3.05) is 13.2 Å². The summed E-state index contributed by atoms with van der Waals surface area (Å²) in [6, 6.07) is 11.6. The van der Waals surface area contributed by atoms with Gasteiger partial charge >= 0.3 is 0 Å². The van der Waals surface area contributed by atoms with Crippen LogP contribution in [0.1, 0.15) is 38.3 Å². The number of ether oxygens (including phenoxy) is 1. The molecule has 2 rings (SSSR count). The predicted molar refractivity (Wildman–Crippen MR) is 118 cm³/mol. The van der Waals surface area contributed by atoms with Gasteiger partial charge in [-0.15, -0.1) is 0 Å². The molecule has 0 aliphatic rings. The number of amides is 1. The quantitative estimate of drug-likeness (QED) is 0.470. The van der Waals surface area contributed by atoms with Crippen molar-refractivity contribution in [1.82, 2.24) is 10.0 Å². The zero-order valence-electron chi connectivity index (χ0n) is 16.2. The maximum atomic E-state index is 12.2. The molecule has 0 spiro atoms. The molecule has 1 amide bonds. The molecular formula is C20H24BrClN2O4S. The molecule has 0 fully saturated rings. The molecule has 1 atom stereocenters. The Hall–Kier alpha value is -1.61. The maximum absolute atomic E-state index is 12.2. The molecule has 29 heavy (non-hydrogen) atoms. The highest BCUT2D eigenvalue weighted by molar-refractivity contribution is 9.10. The van der Waals surface area contributed by atoms with Gasteiger partial charge in [0.15, 0.2) is 6.61 Å². The Balaban J connectivity index is 1.93. The van der Waals surface area contributed by atoms with Crippen LogP contribution in [0.4, 0.5) is 0 Å². The Kier molecular flexibility index (Phi) is 8.95. The van der Waals surface area contributed by atoms with Crippen molar-refractivity contribution in [1.29, 1.82) is 0 Å². The van der Waals surface area contributed by atoms with E-state index >= 15 is 0 Å². The third kappa shape index (κ3) is 7.29. The van der Waals surface area contributed by atoms with Crippen molar-refractivity contribution >= 4 is 43.5 Å². The van der Waals surface area contributed by atoms with Crippen molar-refractivity contribution in [2.24, 2.45) is 0 Å². The van der Waals surface area contributed by atoms with Gasteiger partial charge in [-0.05, 0) is 49.2 Å². The van der Waals surface area contributed by atoms with Gasteiger partial charge in [0.2, 0.25) is 10.0 Å². The second-order valence-corrected chi connectivity index (χ2v) is 9.56. The van der Waals surface area contributed by atoms with Gasteiger partial charge in [0, 0.05) is 11.0 Å². The van der Waals surface area contributed by atoms with Gasteiger partial charge in [-0.3, -0.25) is 4.79 Å². The molecule has 2 N–H and O–H groups in total. The van der Waals surface area contributed by atoms with Crippen LogP contribution in [-0.2, 0) is 14.8 Å². The van der Waals surface area contributed by atoms with Crippen molar-refractivity contribution in [3.05, 3.63) is 57.5 Å². The van der Waals surface area contributed by atoms with E-state index in [0.29, 0.717) is 6.54 Å². The minimum absolute atomic E-state index is 0.0549. The molecule has 0 aliphatic heterocycles. The Morgan fingerprint density at radius 2 is 1.90 bits per heavy atom. The molecule has 2 aromatic carbocycles. The van der Waals surface area contributed by atoms with E-state index in [1.54, 1.807) is 0 Å². The van der Waals surface area contributed by atoms with E-state index in [2.05, 4.69) is 26.0 Å². The number of carbonyl (C=O) groups is 1. The number of unbranched alkanes of at least 4 members (excludes halogenated alkanes) is 1. The monoisotopic (exact) mass is 502 g/mol. The number of carbonyl (C=O) groups excluding carboxylic acids is 1. The minimum Gasteiger partial charge on any atom is -0.482 e. The first-order chi connectivity index (χ1) is 13.7. The lowest BCUT2D eigenvalue weighted by Gasteiger charge is -2.15. The van der Waals surface area contributed by atoms with Crippen LogP contribution in [-0.4, -0.2) is 27.5 Å². The summed E-state index contributed by atoms with van der Waals surface area (Å²) in [6.45, 7) is 3.99. The van der Waals surface area contributed by atoms with Crippen LogP contribution in [0.25, 0.3) is 0 Å². The van der Waals surface area contributed by atoms with Crippen LogP contribution < -0.4 is 14.8 Å². The molecule has 0 bridgehead atoms. The highest BCUT2D eigenvalue weighted by atomic mass is 79.9. The number of rotatable bonds is 10. The van der Waals surface area contributed by atoms with Crippen LogP contribution in [0.3, 0.4) is 0 Å². The Labute approximate surface area is 185 Å². The Morgan fingerprint density at radius 3 is 2.52 bits per heavy atom. The largest absolute Gasteiger partial charge is 0.482 e. The zero-order valence-corrected chi connectivity index (χ0v) is 19.4. The molecule has 0 aliphatic carbocycles. The maximum Gasteiger partial charge on any atom is 0.258 e. The summed E-state index contributed by atoms with van der Waals surface area (Å²) in [5.74, 6) is -0.0694. The van der Waals surface area contributed by atoms with Gasteiger partial charge in [0.25, 0.3) is 5.91 Å². The number of halogens is 2. The molecule has 0 saturated carbocycles. The van der Waals surface area contributed by atoms with Crippen molar-refractivity contribution in [3.63, 3.8) is 0 Å². The summed E-state index contributed by atoms with van der Waals surface area (Å²) in [5, 5.41) is 2.96. The molecule has 9 heteroatoms. The lowest BCUT2D eigenvalue weighted by Crippen LogP contribution is -2.31. The summed E-state index contributed by atoms with van der Waals surface area (Å²) in [7, 11) is -3.63. The van der Waals surface area contributed by atoms with Gasteiger partial charge in [-0.1, -0.05) is 53.0 Å². The van der Waals surface area contributed by atoms with Gasteiger partial charge in [-0.25, -0.2) is 13.1 Å². The van der Waals surface area contributed by atoms with Crippen LogP contribution >= 0.6 is 27.5 Å². The van der Waals surface area contributed by atoms with E-state index in [4.69, 9.17) is 16.3 Å². The first-order valence-electron chi connectivity index (χ1n) is 9.19. The third-order valence-electron chi connectivity index (χ3n) is 4.14. The van der Waals surface area contributed by atoms with E-state index in [0.717, 1.165) is 22.9 Å². The highest BCUT2D eigenvalue weighted by Gasteiger charge is 2.16. The summed E-state index contributed by atoms with van der Waals surface area (Å²) >= 11 is 9.52. The molecule has 2 aromatic rings. The summed E-state index contributed by atoms with van der Waals surface area (Å²) in [4.78, 5) is 12.2. The number of nitrogens with one attached hydrogen (secondary N) is 2. The number of hydrogen-bond donors (Lipinski definition) is 2. The van der Waals surface area contributed by atoms with E-state index < -0.39 is 10.0 Å². The topological polar surface area (TPSA) is 84.5 Å². The molecule has 0 radical (unpaired) electrons. The normalized spacial score (nSPS) is 12.4. The van der Waals surface area contributed by atoms with Crippen LogP contribution in [0, 0.1) is 0 Å². The average molecular weight is 504 g/mol. The fraction of sp³-hybridized carbons (Fsp3) is 0.350. The smallest absolute Gasteiger partial charge is 0.258 e. The van der Waals surface area contributed by atoms with Gasteiger partial charge < -0.3 is 10.1 Å². The first kappa shape index (κ1) is 23.7. The zero-order chi connectivity index (χ0) is 21.4. The molecule has 158 valence electrons. The minimum atomic E-state index is -3.63. The number of hydrogen-bond acceptors (Lipinski definition) is 4. The van der Waals surface area contributed by atoms with E-state index in [1.807, 2.05) is 38.1 Å². The number of sulfonamides is 1. The predicted octanol–water partition coefficient (Wildman–Crippen LogP) is 4.44. The summed E-state index contributed by atoms with van der Waals surface area (Å²) in [5.41, 5.74) is 0.963.